The summed E-state index contributed by atoms with van der Waals surface area (Å²) in [5.41, 5.74) is -0.894. The highest BCUT2D eigenvalue weighted by molar-refractivity contribution is 7.90. The topological polar surface area (TPSA) is 112 Å². The average molecular weight is 561 g/mol. The highest BCUT2D eigenvalue weighted by Crippen LogP contribution is 2.34. The molecule has 3 aromatic rings. The predicted molar refractivity (Wildman–Crippen MR) is 126 cm³/mol. The molecule has 0 unspecified atom stereocenters. The first-order chi connectivity index (χ1) is 17.4. The largest absolute Gasteiger partial charge is 0.469 e. The first kappa shape index (κ1) is 27.1. The van der Waals surface area contributed by atoms with Crippen LogP contribution in [0.25, 0.3) is 10.9 Å². The van der Waals surface area contributed by atoms with Crippen LogP contribution in [0.4, 0.5) is 13.2 Å². The number of ether oxygens (including phenoxy) is 2. The van der Waals surface area contributed by atoms with Crippen molar-refractivity contribution in [2.75, 3.05) is 33.4 Å². The highest BCUT2D eigenvalue weighted by Gasteiger charge is 2.32. The van der Waals surface area contributed by atoms with E-state index in [2.05, 4.69) is 4.74 Å². The van der Waals surface area contributed by atoms with Crippen molar-refractivity contribution in [2.45, 2.75) is 28.8 Å². The molecule has 1 aliphatic rings. The second kappa shape index (κ2) is 10.1. The van der Waals surface area contributed by atoms with Crippen molar-refractivity contribution in [3.63, 3.8) is 0 Å². The molecule has 0 atom stereocenters. The van der Waals surface area contributed by atoms with E-state index in [0.29, 0.717) is 0 Å². The van der Waals surface area contributed by atoms with Crippen LogP contribution in [0.2, 0.25) is 0 Å². The Kier molecular flexibility index (Phi) is 7.38. The van der Waals surface area contributed by atoms with Gasteiger partial charge < -0.3 is 9.47 Å². The standard InChI is InChI=1S/C23H23F3N2O7S2/c1-34-22(29)9-3-18-15-16-14-17(23(24,25)26)2-8-21(16)28(18)37(32,33)20-6-4-19(5-7-20)36(30,31)27-10-12-35-13-11-27/h2,4-8,14-15H,3,9-13H2,1H3. The number of carbonyl (C=O) groups is 1. The molecule has 0 bridgehead atoms. The van der Waals surface area contributed by atoms with Crippen LogP contribution in [-0.4, -0.2) is 64.5 Å². The van der Waals surface area contributed by atoms with E-state index in [-0.39, 0.29) is 65.5 Å². The monoisotopic (exact) mass is 560 g/mol. The van der Waals surface area contributed by atoms with Gasteiger partial charge in [-0.3, -0.25) is 4.79 Å². The predicted octanol–water partition coefficient (Wildman–Crippen LogP) is 3.02. The molecule has 200 valence electrons. The van der Waals surface area contributed by atoms with Crippen LogP contribution in [0.5, 0.6) is 0 Å². The zero-order valence-electron chi connectivity index (χ0n) is 19.6. The molecule has 4 rings (SSSR count). The van der Waals surface area contributed by atoms with Crippen LogP contribution >= 0.6 is 0 Å². The van der Waals surface area contributed by atoms with Crippen LogP contribution in [-0.2, 0) is 46.9 Å². The van der Waals surface area contributed by atoms with Gasteiger partial charge in [-0.1, -0.05) is 0 Å². The summed E-state index contributed by atoms with van der Waals surface area (Å²) >= 11 is 0. The van der Waals surface area contributed by atoms with E-state index in [9.17, 15) is 34.8 Å². The van der Waals surface area contributed by atoms with Crippen molar-refractivity contribution in [3.8, 4) is 0 Å². The summed E-state index contributed by atoms with van der Waals surface area (Å²) in [6.07, 6.45) is -4.96. The summed E-state index contributed by atoms with van der Waals surface area (Å²) < 4.78 is 105. The number of halogens is 3. The molecule has 0 amide bonds. The quantitative estimate of drug-likeness (QED) is 0.409. The summed E-state index contributed by atoms with van der Waals surface area (Å²) in [6, 6.07) is 8.53. The fraction of sp³-hybridized carbons (Fsp3) is 0.348. The van der Waals surface area contributed by atoms with Crippen LogP contribution in [0.1, 0.15) is 17.7 Å². The van der Waals surface area contributed by atoms with Gasteiger partial charge in [-0.15, -0.1) is 0 Å². The minimum Gasteiger partial charge on any atom is -0.469 e. The molecule has 0 N–H and O–H groups in total. The number of aryl methyl sites for hydroxylation is 1. The number of aromatic nitrogens is 1. The molecule has 1 fully saturated rings. The number of alkyl halides is 3. The van der Waals surface area contributed by atoms with Gasteiger partial charge in [0, 0.05) is 24.2 Å². The first-order valence-electron chi connectivity index (χ1n) is 11.1. The Labute approximate surface area is 211 Å². The summed E-state index contributed by atoms with van der Waals surface area (Å²) in [5.74, 6) is -0.622. The van der Waals surface area contributed by atoms with E-state index in [1.54, 1.807) is 0 Å². The molecular weight excluding hydrogens is 537 g/mol. The molecule has 0 radical (unpaired) electrons. The Balaban J connectivity index is 1.77. The van der Waals surface area contributed by atoms with Crippen LogP contribution in [0, 0.1) is 0 Å². The normalized spacial score (nSPS) is 15.7. The summed E-state index contributed by atoms with van der Waals surface area (Å²) in [7, 11) is -7.09. The van der Waals surface area contributed by atoms with Crippen LogP contribution < -0.4 is 0 Å². The van der Waals surface area contributed by atoms with Crippen LogP contribution in [0.15, 0.2) is 58.3 Å². The molecule has 1 aromatic heterocycles. The van der Waals surface area contributed by atoms with Crippen molar-refractivity contribution in [1.82, 2.24) is 8.28 Å². The number of morpholine rings is 1. The molecule has 0 aliphatic carbocycles. The van der Waals surface area contributed by atoms with Crippen molar-refractivity contribution in [2.24, 2.45) is 0 Å². The smallest absolute Gasteiger partial charge is 0.416 e. The molecule has 2 aromatic carbocycles. The molecule has 2 heterocycles. The van der Waals surface area contributed by atoms with Gasteiger partial charge >= 0.3 is 12.1 Å². The third kappa shape index (κ3) is 5.37. The first-order valence-corrected chi connectivity index (χ1v) is 14.0. The lowest BCUT2D eigenvalue weighted by Crippen LogP contribution is -2.40. The van der Waals surface area contributed by atoms with Gasteiger partial charge in [0.15, 0.2) is 0 Å². The highest BCUT2D eigenvalue weighted by atomic mass is 32.2. The maximum absolute atomic E-state index is 13.6. The lowest BCUT2D eigenvalue weighted by Gasteiger charge is -2.26. The molecule has 0 saturated carbocycles. The zero-order chi connectivity index (χ0) is 27.0. The van der Waals surface area contributed by atoms with Crippen LogP contribution in [0.3, 0.4) is 0 Å². The van der Waals surface area contributed by atoms with Gasteiger partial charge in [0.1, 0.15) is 0 Å². The van der Waals surface area contributed by atoms with Gasteiger partial charge in [-0.2, -0.15) is 17.5 Å². The molecule has 14 heteroatoms. The van der Waals surface area contributed by atoms with Gasteiger partial charge in [-0.25, -0.2) is 20.8 Å². The number of rotatable bonds is 7. The fourth-order valence-electron chi connectivity index (χ4n) is 4.04. The molecule has 9 nitrogen and oxygen atoms in total. The Morgan fingerprint density at radius 3 is 2.11 bits per heavy atom. The number of fused-ring (bicyclic) bond motifs is 1. The summed E-state index contributed by atoms with van der Waals surface area (Å²) in [4.78, 5) is 11.3. The lowest BCUT2D eigenvalue weighted by atomic mass is 10.1. The number of carbonyl (C=O) groups excluding carboxylic acids is 1. The number of sulfonamides is 1. The second-order valence-electron chi connectivity index (χ2n) is 8.24. The van der Waals surface area contributed by atoms with E-state index < -0.39 is 37.8 Å². The number of hydrogen-bond donors (Lipinski definition) is 0. The number of nitrogens with zero attached hydrogens (tertiary/aromatic N) is 2. The molecule has 1 saturated heterocycles. The van der Waals surface area contributed by atoms with Crippen molar-refractivity contribution < 1.29 is 44.3 Å². The van der Waals surface area contributed by atoms with E-state index in [1.807, 2.05) is 0 Å². The number of methoxy groups -OCH3 is 1. The maximum Gasteiger partial charge on any atom is 0.416 e. The Hall–Kier alpha value is -2.94. The number of benzene rings is 2. The van der Waals surface area contributed by atoms with E-state index in [0.717, 1.165) is 41.4 Å². The van der Waals surface area contributed by atoms with Gasteiger partial charge in [-0.05, 0) is 55.0 Å². The summed E-state index contributed by atoms with van der Waals surface area (Å²) in [6.45, 7) is 0.829. The van der Waals surface area contributed by atoms with E-state index in [4.69, 9.17) is 4.74 Å². The molecule has 0 spiro atoms. The fourth-order valence-corrected chi connectivity index (χ4v) is 7.02. The van der Waals surface area contributed by atoms with Crippen molar-refractivity contribution >= 4 is 36.9 Å². The van der Waals surface area contributed by atoms with Gasteiger partial charge in [0.25, 0.3) is 10.0 Å². The average Bonchev–Trinajstić information content (AvgIpc) is 3.26. The van der Waals surface area contributed by atoms with E-state index in [1.165, 1.54) is 22.5 Å². The third-order valence-corrected chi connectivity index (χ3v) is 9.63. The lowest BCUT2D eigenvalue weighted by molar-refractivity contribution is -0.140. The minimum atomic E-state index is -4.64. The second-order valence-corrected chi connectivity index (χ2v) is 12.0. The maximum atomic E-state index is 13.6. The third-order valence-electron chi connectivity index (χ3n) is 5.94. The Morgan fingerprint density at radius 2 is 1.54 bits per heavy atom. The Morgan fingerprint density at radius 1 is 0.946 bits per heavy atom. The molecule has 37 heavy (non-hydrogen) atoms. The molecular formula is C23H23F3N2O7S2. The van der Waals surface area contributed by atoms with Crippen molar-refractivity contribution in [3.05, 3.63) is 59.8 Å². The minimum absolute atomic E-state index is 0.0159. The zero-order valence-corrected chi connectivity index (χ0v) is 21.2. The Bertz CT molecular complexity index is 1520. The number of hydrogen-bond acceptors (Lipinski definition) is 7. The van der Waals surface area contributed by atoms with E-state index >= 15 is 0 Å². The van der Waals surface area contributed by atoms with Gasteiger partial charge in [0.2, 0.25) is 10.0 Å². The number of esters is 1. The summed E-state index contributed by atoms with van der Waals surface area (Å²) in [5, 5.41) is 0.0183. The van der Waals surface area contributed by atoms with Crippen molar-refractivity contribution in [1.29, 1.82) is 0 Å². The van der Waals surface area contributed by atoms with Gasteiger partial charge in [0.05, 0.1) is 47.6 Å². The molecule has 1 aliphatic heterocycles. The SMILES string of the molecule is COC(=O)CCc1cc2cc(C(F)(F)F)ccc2n1S(=O)(=O)c1ccc(S(=O)(=O)N2CCOCC2)cc1.